The Morgan fingerprint density at radius 3 is 2.74 bits per heavy atom. The highest BCUT2D eigenvalue weighted by molar-refractivity contribution is 5.43. The number of nitrogens with zero attached hydrogens (tertiary/aromatic N) is 3. The normalized spacial score (nSPS) is 25.3. The van der Waals surface area contributed by atoms with Crippen molar-refractivity contribution in [1.29, 1.82) is 0 Å². The van der Waals surface area contributed by atoms with Crippen LogP contribution in [0.15, 0.2) is 42.6 Å². The molecule has 3 fully saturated rings. The number of hydrogen-bond acceptors (Lipinski definition) is 5. The summed E-state index contributed by atoms with van der Waals surface area (Å²) in [6.07, 6.45) is 4.55. The number of rotatable bonds is 4. The van der Waals surface area contributed by atoms with Gasteiger partial charge in [0.1, 0.15) is 13.2 Å². The first-order valence-electron chi connectivity index (χ1n) is 10.1. The standard InChI is InChI=1S/C22H27N3O2/c1-2-8-23-19(3-1)15-24-12-18-4-6-20(16-24)25(14-18)13-17-5-7-21-22(11-17)27-10-9-26-21/h1-3,5,7-8,11,18,20H,4,6,9-10,12-16H2/t18-,20+/m1/s1. The number of pyridine rings is 1. The van der Waals surface area contributed by atoms with Crippen molar-refractivity contribution in [2.75, 3.05) is 32.8 Å². The molecule has 6 rings (SSSR count). The second kappa shape index (κ2) is 7.49. The minimum atomic E-state index is 0.626. The first-order chi connectivity index (χ1) is 13.3. The third-order valence-corrected chi connectivity index (χ3v) is 6.01. The highest BCUT2D eigenvalue weighted by atomic mass is 16.6. The zero-order valence-corrected chi connectivity index (χ0v) is 15.7. The Morgan fingerprint density at radius 2 is 1.85 bits per heavy atom. The third kappa shape index (κ3) is 3.80. The van der Waals surface area contributed by atoms with E-state index in [0.29, 0.717) is 19.3 Å². The summed E-state index contributed by atoms with van der Waals surface area (Å²) >= 11 is 0. The molecular weight excluding hydrogens is 338 g/mol. The summed E-state index contributed by atoms with van der Waals surface area (Å²) in [5.41, 5.74) is 2.50. The van der Waals surface area contributed by atoms with Crippen LogP contribution in [0.2, 0.25) is 0 Å². The van der Waals surface area contributed by atoms with Gasteiger partial charge >= 0.3 is 0 Å². The molecule has 1 aromatic carbocycles. The van der Waals surface area contributed by atoms with Crippen LogP contribution in [0.4, 0.5) is 0 Å². The lowest BCUT2D eigenvalue weighted by molar-refractivity contribution is 0.122. The van der Waals surface area contributed by atoms with Crippen molar-refractivity contribution in [2.45, 2.75) is 32.0 Å². The van der Waals surface area contributed by atoms with E-state index in [1.807, 2.05) is 12.3 Å². The van der Waals surface area contributed by atoms with E-state index in [0.717, 1.165) is 37.1 Å². The maximum Gasteiger partial charge on any atom is 0.161 e. The summed E-state index contributed by atoms with van der Waals surface area (Å²) in [5, 5.41) is 0. The molecule has 3 saturated heterocycles. The van der Waals surface area contributed by atoms with Gasteiger partial charge in [-0.25, -0.2) is 0 Å². The van der Waals surface area contributed by atoms with Crippen molar-refractivity contribution in [3.8, 4) is 11.5 Å². The van der Waals surface area contributed by atoms with Crippen LogP contribution >= 0.6 is 0 Å². The minimum Gasteiger partial charge on any atom is -0.486 e. The predicted molar refractivity (Wildman–Crippen MR) is 104 cm³/mol. The highest BCUT2D eigenvalue weighted by Gasteiger charge is 2.34. The van der Waals surface area contributed by atoms with Gasteiger partial charge in [0.25, 0.3) is 0 Å². The van der Waals surface area contributed by atoms with Crippen molar-refractivity contribution in [2.24, 2.45) is 5.92 Å². The number of benzene rings is 1. The number of aromatic nitrogens is 1. The van der Waals surface area contributed by atoms with Crippen LogP contribution < -0.4 is 9.47 Å². The van der Waals surface area contributed by atoms with Gasteiger partial charge < -0.3 is 9.47 Å². The van der Waals surface area contributed by atoms with E-state index in [1.54, 1.807) is 0 Å². The maximum absolute atomic E-state index is 5.76. The van der Waals surface area contributed by atoms with E-state index in [1.165, 1.54) is 37.2 Å². The van der Waals surface area contributed by atoms with E-state index in [4.69, 9.17) is 9.47 Å². The summed E-state index contributed by atoms with van der Waals surface area (Å²) < 4.78 is 11.4. The molecule has 1 aromatic heterocycles. The van der Waals surface area contributed by atoms with Gasteiger partial charge in [-0.1, -0.05) is 12.1 Å². The molecule has 0 unspecified atom stereocenters. The van der Waals surface area contributed by atoms with E-state index >= 15 is 0 Å². The molecule has 0 aliphatic carbocycles. The lowest BCUT2D eigenvalue weighted by Gasteiger charge is -2.36. The van der Waals surface area contributed by atoms with Crippen LogP contribution in [0.5, 0.6) is 11.5 Å². The fraction of sp³-hybridized carbons (Fsp3) is 0.500. The van der Waals surface area contributed by atoms with Crippen molar-refractivity contribution in [1.82, 2.24) is 14.8 Å². The van der Waals surface area contributed by atoms with Gasteiger partial charge in [0.05, 0.1) is 5.69 Å². The molecule has 4 aliphatic heterocycles. The van der Waals surface area contributed by atoms with E-state index < -0.39 is 0 Å². The molecule has 0 N–H and O–H groups in total. The van der Waals surface area contributed by atoms with Gasteiger partial charge in [-0.3, -0.25) is 14.8 Å². The van der Waals surface area contributed by atoms with Crippen LogP contribution in [0.3, 0.4) is 0 Å². The zero-order valence-electron chi connectivity index (χ0n) is 15.7. The molecule has 0 amide bonds. The van der Waals surface area contributed by atoms with Crippen LogP contribution in [0.1, 0.15) is 24.1 Å². The first kappa shape index (κ1) is 17.0. The van der Waals surface area contributed by atoms with Crippen LogP contribution in [-0.2, 0) is 13.1 Å². The third-order valence-electron chi connectivity index (χ3n) is 6.01. The number of fused-ring (bicyclic) bond motifs is 5. The SMILES string of the molecule is c1ccc(CN2C[C@H]3CC[C@@H](C2)N(Cc2ccc4c(c2)OCCO4)C3)nc1. The smallest absolute Gasteiger partial charge is 0.161 e. The molecule has 0 saturated carbocycles. The van der Waals surface area contributed by atoms with E-state index in [2.05, 4.69) is 45.1 Å². The Kier molecular flexibility index (Phi) is 4.72. The van der Waals surface area contributed by atoms with Gasteiger partial charge in [0.2, 0.25) is 0 Å². The van der Waals surface area contributed by atoms with Crippen LogP contribution in [0, 0.1) is 5.92 Å². The number of hydrogen-bond donors (Lipinski definition) is 0. The minimum absolute atomic E-state index is 0.626. The predicted octanol–water partition coefficient (Wildman–Crippen LogP) is 2.95. The summed E-state index contributed by atoms with van der Waals surface area (Å²) in [7, 11) is 0. The summed E-state index contributed by atoms with van der Waals surface area (Å²) in [6, 6.07) is 13.3. The Hall–Kier alpha value is -2.11. The molecule has 2 aromatic rings. The zero-order chi connectivity index (χ0) is 18.1. The topological polar surface area (TPSA) is 37.8 Å². The van der Waals surface area contributed by atoms with Crippen molar-refractivity contribution in [3.63, 3.8) is 0 Å². The monoisotopic (exact) mass is 365 g/mol. The molecule has 5 nitrogen and oxygen atoms in total. The molecule has 27 heavy (non-hydrogen) atoms. The molecule has 2 bridgehead atoms. The Bertz CT molecular complexity index is 782. The van der Waals surface area contributed by atoms with Gasteiger partial charge in [-0.05, 0) is 48.6 Å². The van der Waals surface area contributed by atoms with Crippen molar-refractivity contribution < 1.29 is 9.47 Å². The van der Waals surface area contributed by atoms with Crippen molar-refractivity contribution >= 4 is 0 Å². The first-order valence-corrected chi connectivity index (χ1v) is 10.1. The van der Waals surface area contributed by atoms with Crippen molar-refractivity contribution in [3.05, 3.63) is 53.9 Å². The van der Waals surface area contributed by atoms with Gasteiger partial charge in [-0.2, -0.15) is 0 Å². The van der Waals surface area contributed by atoms with Crippen LogP contribution in [0.25, 0.3) is 0 Å². The molecular formula is C22H27N3O2. The average molecular weight is 365 g/mol. The number of piperidine rings is 1. The Balaban J connectivity index is 1.28. The molecule has 142 valence electrons. The quantitative estimate of drug-likeness (QED) is 0.833. The van der Waals surface area contributed by atoms with E-state index in [-0.39, 0.29) is 0 Å². The summed E-state index contributed by atoms with van der Waals surface area (Å²) in [6.45, 7) is 6.77. The second-order valence-corrected chi connectivity index (χ2v) is 8.02. The maximum atomic E-state index is 5.76. The molecule has 0 radical (unpaired) electrons. The summed E-state index contributed by atoms with van der Waals surface area (Å²) in [4.78, 5) is 9.80. The van der Waals surface area contributed by atoms with E-state index in [9.17, 15) is 0 Å². The molecule has 0 spiro atoms. The lowest BCUT2D eigenvalue weighted by atomic mass is 9.94. The molecule has 5 heteroatoms. The fourth-order valence-electron chi connectivity index (χ4n) is 4.74. The molecule has 5 heterocycles. The van der Waals surface area contributed by atoms with Gasteiger partial charge in [0, 0.05) is 45.0 Å². The lowest BCUT2D eigenvalue weighted by Crippen LogP contribution is -2.43. The van der Waals surface area contributed by atoms with Gasteiger partial charge in [-0.15, -0.1) is 0 Å². The number of ether oxygens (including phenoxy) is 2. The Morgan fingerprint density at radius 1 is 0.926 bits per heavy atom. The second-order valence-electron chi connectivity index (χ2n) is 8.02. The van der Waals surface area contributed by atoms with Crippen LogP contribution in [-0.4, -0.2) is 53.7 Å². The van der Waals surface area contributed by atoms with Gasteiger partial charge in [0.15, 0.2) is 11.5 Å². The average Bonchev–Trinajstić information content (AvgIpc) is 2.99. The summed E-state index contributed by atoms with van der Waals surface area (Å²) in [5.74, 6) is 2.53. The molecule has 2 atom stereocenters. The highest BCUT2D eigenvalue weighted by Crippen LogP contribution is 2.33. The largest absolute Gasteiger partial charge is 0.486 e. The Labute approximate surface area is 160 Å². The molecule has 4 aliphatic rings. The fourth-order valence-corrected chi connectivity index (χ4v) is 4.74.